The average Bonchev–Trinajstić information content (AvgIpc) is 2.48. The number of halogens is 1. The van der Waals surface area contributed by atoms with Crippen LogP contribution in [-0.2, 0) is 7.05 Å². The smallest absolute Gasteiger partial charge is 0.121 e. The molecule has 1 aromatic heterocycles. The maximum atomic E-state index is 6.03. The molecule has 0 spiro atoms. The number of anilines is 1. The number of aryl methyl sites for hydroxylation is 1. The van der Waals surface area contributed by atoms with Crippen LogP contribution in [0.25, 0.3) is 11.3 Å². The van der Waals surface area contributed by atoms with Crippen LogP contribution in [0.3, 0.4) is 0 Å². The molecule has 0 aliphatic heterocycles. The van der Waals surface area contributed by atoms with Gasteiger partial charge in [-0.05, 0) is 6.07 Å². The summed E-state index contributed by atoms with van der Waals surface area (Å²) >= 11 is 6.03. The van der Waals surface area contributed by atoms with Crippen LogP contribution in [0.4, 0.5) is 5.82 Å². The summed E-state index contributed by atoms with van der Waals surface area (Å²) in [4.78, 5) is 0. The molecule has 0 saturated heterocycles. The van der Waals surface area contributed by atoms with E-state index in [4.69, 9.17) is 17.3 Å². The molecule has 2 aromatic rings. The van der Waals surface area contributed by atoms with Crippen molar-refractivity contribution in [2.45, 2.75) is 0 Å². The SMILES string of the molecule is Cn1nc(-c2ccccc2Cl)cc1N. The number of benzene rings is 1. The van der Waals surface area contributed by atoms with Gasteiger partial charge in [0, 0.05) is 18.7 Å². The summed E-state index contributed by atoms with van der Waals surface area (Å²) in [7, 11) is 1.80. The highest BCUT2D eigenvalue weighted by Gasteiger charge is 2.07. The van der Waals surface area contributed by atoms with Gasteiger partial charge in [0.15, 0.2) is 0 Å². The van der Waals surface area contributed by atoms with Crippen LogP contribution in [0.15, 0.2) is 30.3 Å². The summed E-state index contributed by atoms with van der Waals surface area (Å²) < 4.78 is 1.62. The zero-order valence-electron chi connectivity index (χ0n) is 7.74. The van der Waals surface area contributed by atoms with Crippen molar-refractivity contribution in [3.63, 3.8) is 0 Å². The van der Waals surface area contributed by atoms with E-state index in [0.717, 1.165) is 11.3 Å². The second-order valence-corrected chi connectivity index (χ2v) is 3.47. The normalized spacial score (nSPS) is 10.4. The summed E-state index contributed by atoms with van der Waals surface area (Å²) in [5.74, 6) is 0.625. The molecule has 0 aliphatic carbocycles. The number of rotatable bonds is 1. The Balaban J connectivity index is 2.55. The lowest BCUT2D eigenvalue weighted by Gasteiger charge is -1.98. The van der Waals surface area contributed by atoms with Gasteiger partial charge in [-0.25, -0.2) is 0 Å². The molecule has 14 heavy (non-hydrogen) atoms. The predicted molar refractivity (Wildman–Crippen MR) is 58.1 cm³/mol. The highest BCUT2D eigenvalue weighted by molar-refractivity contribution is 6.33. The summed E-state index contributed by atoms with van der Waals surface area (Å²) in [5, 5.41) is 4.93. The van der Waals surface area contributed by atoms with E-state index in [0.29, 0.717) is 10.8 Å². The molecular weight excluding hydrogens is 198 g/mol. The predicted octanol–water partition coefficient (Wildman–Crippen LogP) is 2.32. The summed E-state index contributed by atoms with van der Waals surface area (Å²) in [6.45, 7) is 0. The molecular formula is C10H10ClN3. The zero-order chi connectivity index (χ0) is 10.1. The summed E-state index contributed by atoms with van der Waals surface area (Å²) in [6, 6.07) is 9.37. The lowest BCUT2D eigenvalue weighted by Crippen LogP contribution is -1.96. The zero-order valence-corrected chi connectivity index (χ0v) is 8.49. The van der Waals surface area contributed by atoms with E-state index < -0.39 is 0 Å². The Morgan fingerprint density at radius 1 is 1.36 bits per heavy atom. The monoisotopic (exact) mass is 207 g/mol. The number of nitrogens with zero attached hydrogens (tertiary/aromatic N) is 2. The summed E-state index contributed by atoms with van der Waals surface area (Å²) in [5.41, 5.74) is 7.39. The van der Waals surface area contributed by atoms with Gasteiger partial charge in [-0.15, -0.1) is 0 Å². The molecule has 1 aromatic carbocycles. The van der Waals surface area contributed by atoms with Crippen molar-refractivity contribution < 1.29 is 0 Å². The van der Waals surface area contributed by atoms with Crippen molar-refractivity contribution in [3.8, 4) is 11.3 Å². The number of hydrogen-bond donors (Lipinski definition) is 1. The highest BCUT2D eigenvalue weighted by atomic mass is 35.5. The molecule has 0 unspecified atom stereocenters. The molecule has 0 atom stereocenters. The quantitative estimate of drug-likeness (QED) is 0.780. The minimum Gasteiger partial charge on any atom is -0.384 e. The number of aromatic nitrogens is 2. The Labute approximate surface area is 87.1 Å². The van der Waals surface area contributed by atoms with Gasteiger partial charge in [-0.2, -0.15) is 5.10 Å². The van der Waals surface area contributed by atoms with Crippen molar-refractivity contribution in [3.05, 3.63) is 35.4 Å². The Kier molecular flexibility index (Phi) is 2.17. The third-order valence-electron chi connectivity index (χ3n) is 2.07. The van der Waals surface area contributed by atoms with E-state index in [-0.39, 0.29) is 0 Å². The Hall–Kier alpha value is -1.48. The molecule has 0 aliphatic rings. The molecule has 0 fully saturated rings. The van der Waals surface area contributed by atoms with Gasteiger partial charge >= 0.3 is 0 Å². The molecule has 0 radical (unpaired) electrons. The molecule has 2 N–H and O–H groups in total. The maximum Gasteiger partial charge on any atom is 0.121 e. The van der Waals surface area contributed by atoms with Crippen LogP contribution in [0.5, 0.6) is 0 Å². The topological polar surface area (TPSA) is 43.8 Å². The van der Waals surface area contributed by atoms with Crippen molar-refractivity contribution in [2.24, 2.45) is 7.05 Å². The Morgan fingerprint density at radius 3 is 2.64 bits per heavy atom. The fourth-order valence-electron chi connectivity index (χ4n) is 1.28. The van der Waals surface area contributed by atoms with Crippen molar-refractivity contribution in [1.82, 2.24) is 9.78 Å². The van der Waals surface area contributed by atoms with E-state index in [1.54, 1.807) is 17.8 Å². The van der Waals surface area contributed by atoms with Crippen LogP contribution in [0.1, 0.15) is 0 Å². The highest BCUT2D eigenvalue weighted by Crippen LogP contribution is 2.27. The molecule has 1 heterocycles. The van der Waals surface area contributed by atoms with Gasteiger partial charge < -0.3 is 5.73 Å². The van der Waals surface area contributed by atoms with Crippen molar-refractivity contribution in [2.75, 3.05) is 5.73 Å². The standard InChI is InChI=1S/C10H10ClN3/c1-14-10(12)6-9(13-14)7-4-2-3-5-8(7)11/h2-6H,12H2,1H3. The average molecular weight is 208 g/mol. The first-order valence-electron chi connectivity index (χ1n) is 4.23. The van der Waals surface area contributed by atoms with E-state index in [2.05, 4.69) is 5.10 Å². The maximum absolute atomic E-state index is 6.03. The third-order valence-corrected chi connectivity index (χ3v) is 2.40. The molecule has 0 amide bonds. The van der Waals surface area contributed by atoms with Gasteiger partial charge in [0.05, 0.1) is 10.7 Å². The fraction of sp³-hybridized carbons (Fsp3) is 0.100. The van der Waals surface area contributed by atoms with E-state index in [1.165, 1.54) is 0 Å². The second-order valence-electron chi connectivity index (χ2n) is 3.06. The van der Waals surface area contributed by atoms with Crippen LogP contribution >= 0.6 is 11.6 Å². The number of hydrogen-bond acceptors (Lipinski definition) is 2. The Morgan fingerprint density at radius 2 is 2.07 bits per heavy atom. The van der Waals surface area contributed by atoms with Crippen LogP contribution < -0.4 is 5.73 Å². The minimum absolute atomic E-state index is 0.625. The molecule has 0 saturated carbocycles. The van der Waals surface area contributed by atoms with Crippen LogP contribution in [0, 0.1) is 0 Å². The lowest BCUT2D eigenvalue weighted by atomic mass is 10.1. The van der Waals surface area contributed by atoms with E-state index in [9.17, 15) is 0 Å². The van der Waals surface area contributed by atoms with E-state index in [1.807, 2.05) is 24.3 Å². The number of nitrogens with two attached hydrogens (primary N) is 1. The van der Waals surface area contributed by atoms with Crippen molar-refractivity contribution >= 4 is 17.4 Å². The largest absolute Gasteiger partial charge is 0.384 e. The van der Waals surface area contributed by atoms with Crippen LogP contribution in [0.2, 0.25) is 5.02 Å². The molecule has 3 nitrogen and oxygen atoms in total. The molecule has 2 rings (SSSR count). The first-order valence-corrected chi connectivity index (χ1v) is 4.60. The first-order chi connectivity index (χ1) is 6.68. The number of nitrogen functional groups attached to an aromatic ring is 1. The summed E-state index contributed by atoms with van der Waals surface area (Å²) in [6.07, 6.45) is 0. The molecule has 0 bridgehead atoms. The fourth-order valence-corrected chi connectivity index (χ4v) is 1.51. The van der Waals surface area contributed by atoms with Gasteiger partial charge in [0.2, 0.25) is 0 Å². The molecule has 72 valence electrons. The van der Waals surface area contributed by atoms with Crippen LogP contribution in [-0.4, -0.2) is 9.78 Å². The minimum atomic E-state index is 0.625. The van der Waals surface area contributed by atoms with Crippen molar-refractivity contribution in [1.29, 1.82) is 0 Å². The Bertz CT molecular complexity index is 443. The van der Waals surface area contributed by atoms with Gasteiger partial charge in [0.25, 0.3) is 0 Å². The van der Waals surface area contributed by atoms with Gasteiger partial charge in [-0.3, -0.25) is 4.68 Å². The van der Waals surface area contributed by atoms with Gasteiger partial charge in [-0.1, -0.05) is 29.8 Å². The first kappa shape index (κ1) is 9.09. The van der Waals surface area contributed by atoms with E-state index >= 15 is 0 Å². The van der Waals surface area contributed by atoms with Gasteiger partial charge in [0.1, 0.15) is 5.82 Å². The molecule has 4 heteroatoms. The third kappa shape index (κ3) is 1.46. The lowest BCUT2D eigenvalue weighted by molar-refractivity contribution is 0.782. The second kappa shape index (κ2) is 3.35.